The molecular formula is C18H15BrN2O3. The van der Waals surface area contributed by atoms with Crippen LogP contribution in [0.15, 0.2) is 51.5 Å². The molecule has 0 bridgehead atoms. The third kappa shape index (κ3) is 3.71. The van der Waals surface area contributed by atoms with E-state index in [9.17, 15) is 4.79 Å². The first-order chi connectivity index (χ1) is 11.5. The van der Waals surface area contributed by atoms with Crippen LogP contribution in [-0.2, 0) is 11.3 Å². The molecule has 24 heavy (non-hydrogen) atoms. The number of rotatable bonds is 4. The van der Waals surface area contributed by atoms with Gasteiger partial charge in [-0.25, -0.2) is 4.79 Å². The Labute approximate surface area is 147 Å². The van der Waals surface area contributed by atoms with Gasteiger partial charge in [0.2, 0.25) is 5.82 Å². The smallest absolute Gasteiger partial charge is 0.338 e. The number of benzene rings is 2. The number of aromatic nitrogens is 2. The zero-order valence-corrected chi connectivity index (χ0v) is 14.8. The molecule has 0 aliphatic heterocycles. The normalized spacial score (nSPS) is 10.6. The molecule has 5 nitrogen and oxygen atoms in total. The van der Waals surface area contributed by atoms with E-state index in [0.29, 0.717) is 11.4 Å². The molecule has 0 amide bonds. The highest BCUT2D eigenvalue weighted by molar-refractivity contribution is 9.10. The van der Waals surface area contributed by atoms with Crippen molar-refractivity contribution < 1.29 is 14.1 Å². The van der Waals surface area contributed by atoms with Crippen molar-refractivity contribution in [2.24, 2.45) is 0 Å². The minimum atomic E-state index is -0.415. The van der Waals surface area contributed by atoms with Gasteiger partial charge in [0.1, 0.15) is 0 Å². The van der Waals surface area contributed by atoms with Gasteiger partial charge in [0.05, 0.1) is 5.56 Å². The Bertz CT molecular complexity index is 872. The molecule has 0 aliphatic rings. The summed E-state index contributed by atoms with van der Waals surface area (Å²) in [4.78, 5) is 16.3. The van der Waals surface area contributed by atoms with E-state index in [2.05, 4.69) is 26.1 Å². The lowest BCUT2D eigenvalue weighted by atomic mass is 10.1. The second-order valence-corrected chi connectivity index (χ2v) is 6.31. The lowest BCUT2D eigenvalue weighted by molar-refractivity contribution is 0.0429. The van der Waals surface area contributed by atoms with Gasteiger partial charge < -0.3 is 9.26 Å². The average Bonchev–Trinajstić information content (AvgIpc) is 3.05. The molecule has 0 aliphatic carbocycles. The second-order valence-electron chi connectivity index (χ2n) is 5.39. The first-order valence-electron chi connectivity index (χ1n) is 7.36. The average molecular weight is 387 g/mol. The van der Waals surface area contributed by atoms with E-state index >= 15 is 0 Å². The SMILES string of the molecule is Cc1ccc(C(=O)OCc2nc(-c3ccc(Br)cc3)no2)cc1C. The van der Waals surface area contributed by atoms with E-state index in [1.54, 1.807) is 12.1 Å². The van der Waals surface area contributed by atoms with E-state index in [1.165, 1.54) is 0 Å². The predicted octanol–water partition coefficient (Wildman–Crippen LogP) is 4.47. The fourth-order valence-corrected chi connectivity index (χ4v) is 2.37. The molecule has 6 heteroatoms. The van der Waals surface area contributed by atoms with Crippen molar-refractivity contribution in [2.45, 2.75) is 20.5 Å². The standard InChI is InChI=1S/C18H15BrN2O3/c1-11-3-4-14(9-12(11)2)18(22)23-10-16-20-17(21-24-16)13-5-7-15(19)8-6-13/h3-9H,10H2,1-2H3. The Morgan fingerprint density at radius 2 is 1.88 bits per heavy atom. The topological polar surface area (TPSA) is 65.2 Å². The van der Waals surface area contributed by atoms with Gasteiger partial charge in [-0.2, -0.15) is 4.98 Å². The van der Waals surface area contributed by atoms with E-state index in [1.807, 2.05) is 44.2 Å². The lowest BCUT2D eigenvalue weighted by Crippen LogP contribution is -2.06. The zero-order valence-electron chi connectivity index (χ0n) is 13.2. The molecule has 0 fully saturated rings. The van der Waals surface area contributed by atoms with Crippen molar-refractivity contribution in [3.05, 3.63) is 69.5 Å². The van der Waals surface area contributed by atoms with Crippen molar-refractivity contribution in [2.75, 3.05) is 0 Å². The number of hydrogen-bond acceptors (Lipinski definition) is 5. The summed E-state index contributed by atoms with van der Waals surface area (Å²) in [6.45, 7) is 3.89. The molecule has 0 saturated heterocycles. The van der Waals surface area contributed by atoms with Crippen molar-refractivity contribution in [3.8, 4) is 11.4 Å². The van der Waals surface area contributed by atoms with Crippen LogP contribution in [0.25, 0.3) is 11.4 Å². The molecule has 1 aromatic heterocycles. The van der Waals surface area contributed by atoms with Crippen molar-refractivity contribution in [1.29, 1.82) is 0 Å². The van der Waals surface area contributed by atoms with E-state index in [0.717, 1.165) is 21.2 Å². The third-order valence-electron chi connectivity index (χ3n) is 3.64. The van der Waals surface area contributed by atoms with Crippen LogP contribution < -0.4 is 0 Å². The number of aryl methyl sites for hydroxylation is 2. The Kier molecular flexibility index (Phi) is 4.76. The minimum absolute atomic E-state index is 0.0602. The van der Waals surface area contributed by atoms with Crippen molar-refractivity contribution in [1.82, 2.24) is 10.1 Å². The number of hydrogen-bond donors (Lipinski definition) is 0. The van der Waals surface area contributed by atoms with Gasteiger partial charge in [-0.05, 0) is 61.4 Å². The fraction of sp³-hybridized carbons (Fsp3) is 0.167. The zero-order chi connectivity index (χ0) is 17.1. The van der Waals surface area contributed by atoms with Crippen LogP contribution in [0.1, 0.15) is 27.4 Å². The maximum atomic E-state index is 12.1. The van der Waals surface area contributed by atoms with Gasteiger partial charge in [0, 0.05) is 10.0 Å². The second kappa shape index (κ2) is 6.97. The number of carbonyl (C=O) groups is 1. The summed E-state index contributed by atoms with van der Waals surface area (Å²) in [6.07, 6.45) is 0. The molecule has 0 unspecified atom stereocenters. The predicted molar refractivity (Wildman–Crippen MR) is 92.5 cm³/mol. The summed E-state index contributed by atoms with van der Waals surface area (Å²) in [7, 11) is 0. The highest BCUT2D eigenvalue weighted by Crippen LogP contribution is 2.19. The summed E-state index contributed by atoms with van der Waals surface area (Å²) in [6, 6.07) is 13.0. The number of ether oxygens (including phenoxy) is 1. The molecule has 3 rings (SSSR count). The Hall–Kier alpha value is -2.47. The highest BCUT2D eigenvalue weighted by atomic mass is 79.9. The summed E-state index contributed by atoms with van der Waals surface area (Å²) in [5.41, 5.74) is 3.50. The van der Waals surface area contributed by atoms with Gasteiger partial charge in [-0.3, -0.25) is 0 Å². The number of carbonyl (C=O) groups excluding carboxylic acids is 1. The first kappa shape index (κ1) is 16.4. The van der Waals surface area contributed by atoms with E-state index in [4.69, 9.17) is 9.26 Å². The molecule has 0 N–H and O–H groups in total. The van der Waals surface area contributed by atoms with Crippen LogP contribution in [0.5, 0.6) is 0 Å². The summed E-state index contributed by atoms with van der Waals surface area (Å²) >= 11 is 3.37. The molecule has 1 heterocycles. The van der Waals surface area contributed by atoms with Gasteiger partial charge in [-0.1, -0.05) is 27.2 Å². The van der Waals surface area contributed by atoms with Crippen LogP contribution in [0.2, 0.25) is 0 Å². The van der Waals surface area contributed by atoms with Gasteiger partial charge >= 0.3 is 5.97 Å². The van der Waals surface area contributed by atoms with Crippen LogP contribution in [0.3, 0.4) is 0 Å². The van der Waals surface area contributed by atoms with Crippen LogP contribution >= 0.6 is 15.9 Å². The highest BCUT2D eigenvalue weighted by Gasteiger charge is 2.13. The molecule has 122 valence electrons. The van der Waals surface area contributed by atoms with Crippen LogP contribution in [-0.4, -0.2) is 16.1 Å². The monoisotopic (exact) mass is 386 g/mol. The van der Waals surface area contributed by atoms with E-state index in [-0.39, 0.29) is 12.5 Å². The summed E-state index contributed by atoms with van der Waals surface area (Å²) in [5, 5.41) is 3.90. The Morgan fingerprint density at radius 3 is 2.58 bits per heavy atom. The minimum Gasteiger partial charge on any atom is -0.452 e. The molecule has 0 radical (unpaired) electrons. The van der Waals surface area contributed by atoms with Crippen molar-refractivity contribution in [3.63, 3.8) is 0 Å². The van der Waals surface area contributed by atoms with Gasteiger partial charge in [0.25, 0.3) is 5.89 Å². The molecular weight excluding hydrogens is 372 g/mol. The number of nitrogens with zero attached hydrogens (tertiary/aromatic N) is 2. The van der Waals surface area contributed by atoms with E-state index < -0.39 is 5.97 Å². The summed E-state index contributed by atoms with van der Waals surface area (Å²) < 4.78 is 11.3. The number of halogens is 1. The maximum Gasteiger partial charge on any atom is 0.338 e. The molecule has 3 aromatic rings. The largest absolute Gasteiger partial charge is 0.452 e. The first-order valence-corrected chi connectivity index (χ1v) is 8.15. The Morgan fingerprint density at radius 1 is 1.12 bits per heavy atom. The molecule has 0 spiro atoms. The summed E-state index contributed by atoms with van der Waals surface area (Å²) in [5.74, 6) is 0.298. The Balaban J connectivity index is 1.65. The van der Waals surface area contributed by atoms with Gasteiger partial charge in [0.15, 0.2) is 6.61 Å². The molecule has 0 saturated carbocycles. The van der Waals surface area contributed by atoms with Crippen LogP contribution in [0, 0.1) is 13.8 Å². The molecule has 0 atom stereocenters. The van der Waals surface area contributed by atoms with Crippen molar-refractivity contribution >= 4 is 21.9 Å². The molecule has 2 aromatic carbocycles. The third-order valence-corrected chi connectivity index (χ3v) is 4.17. The van der Waals surface area contributed by atoms with Crippen LogP contribution in [0.4, 0.5) is 0 Å². The number of esters is 1. The maximum absolute atomic E-state index is 12.1. The lowest BCUT2D eigenvalue weighted by Gasteiger charge is -2.04. The quantitative estimate of drug-likeness (QED) is 0.618. The fourth-order valence-electron chi connectivity index (χ4n) is 2.11. The van der Waals surface area contributed by atoms with Gasteiger partial charge in [-0.15, -0.1) is 0 Å².